The van der Waals surface area contributed by atoms with E-state index in [2.05, 4.69) is 48.7 Å². The van der Waals surface area contributed by atoms with Gasteiger partial charge in [0.15, 0.2) is 0 Å². The highest BCUT2D eigenvalue weighted by Crippen LogP contribution is 2.19. The third-order valence-corrected chi connectivity index (χ3v) is 3.42. The molecule has 0 bridgehead atoms. The van der Waals surface area contributed by atoms with Crippen molar-refractivity contribution in [2.24, 2.45) is 5.92 Å². The van der Waals surface area contributed by atoms with Crippen molar-refractivity contribution in [3.8, 4) is 0 Å². The van der Waals surface area contributed by atoms with Gasteiger partial charge in [-0.2, -0.15) is 0 Å². The first-order valence-corrected chi connectivity index (χ1v) is 5.86. The molecule has 0 spiro atoms. The third kappa shape index (κ3) is 2.32. The van der Waals surface area contributed by atoms with E-state index in [0.717, 1.165) is 19.0 Å². The summed E-state index contributed by atoms with van der Waals surface area (Å²) in [6.07, 6.45) is 1.23. The Bertz CT molecular complexity index is 295. The zero-order valence-electron chi connectivity index (χ0n) is 9.59. The van der Waals surface area contributed by atoms with E-state index >= 15 is 0 Å². The van der Waals surface area contributed by atoms with Gasteiger partial charge in [0.1, 0.15) is 0 Å². The van der Waals surface area contributed by atoms with Crippen LogP contribution in [0.4, 0.5) is 5.69 Å². The van der Waals surface area contributed by atoms with Gasteiger partial charge in [0, 0.05) is 24.8 Å². The van der Waals surface area contributed by atoms with Crippen molar-refractivity contribution < 1.29 is 0 Å². The van der Waals surface area contributed by atoms with Gasteiger partial charge in [-0.25, -0.2) is 0 Å². The molecule has 1 heterocycles. The van der Waals surface area contributed by atoms with E-state index in [1.807, 2.05) is 0 Å². The predicted molar refractivity (Wildman–Crippen MR) is 65.0 cm³/mol. The molecule has 0 fully saturated rings. The fourth-order valence-electron chi connectivity index (χ4n) is 2.07. The summed E-state index contributed by atoms with van der Waals surface area (Å²) in [6.45, 7) is 6.59. The zero-order chi connectivity index (χ0) is 10.7. The number of fused-ring (bicyclic) bond motifs is 1. The van der Waals surface area contributed by atoms with Crippen LogP contribution in [0.1, 0.15) is 25.8 Å². The topological polar surface area (TPSA) is 24.1 Å². The fraction of sp³-hybridized carbons (Fsp3) is 0.538. The van der Waals surface area contributed by atoms with E-state index < -0.39 is 0 Å². The summed E-state index contributed by atoms with van der Waals surface area (Å²) in [5, 5.41) is 7.15. The first kappa shape index (κ1) is 10.5. The standard InChI is InChI=1S/C13H20N2/c1-3-10(2)13-9-15-12-7-5-4-6-11(12)8-14-13/h4-7,10,13-15H,3,8-9H2,1-2H3/t10-,13+/m0/s1. The Hall–Kier alpha value is -1.02. The van der Waals surface area contributed by atoms with Gasteiger partial charge < -0.3 is 10.6 Å². The van der Waals surface area contributed by atoms with Crippen LogP contribution in [0.2, 0.25) is 0 Å². The molecule has 0 radical (unpaired) electrons. The van der Waals surface area contributed by atoms with Crippen LogP contribution in [0.15, 0.2) is 24.3 Å². The minimum absolute atomic E-state index is 0.586. The number of hydrogen-bond acceptors (Lipinski definition) is 2. The molecule has 1 aromatic carbocycles. The fourth-order valence-corrected chi connectivity index (χ4v) is 2.07. The molecule has 0 aliphatic carbocycles. The van der Waals surface area contributed by atoms with Crippen LogP contribution in [0.5, 0.6) is 0 Å². The summed E-state index contributed by atoms with van der Waals surface area (Å²) >= 11 is 0. The predicted octanol–water partition coefficient (Wildman–Crippen LogP) is 2.62. The van der Waals surface area contributed by atoms with Gasteiger partial charge in [-0.05, 0) is 17.5 Å². The van der Waals surface area contributed by atoms with Crippen LogP contribution in [-0.4, -0.2) is 12.6 Å². The van der Waals surface area contributed by atoms with E-state index in [0.29, 0.717) is 6.04 Å². The average Bonchev–Trinajstić information content (AvgIpc) is 2.50. The maximum atomic E-state index is 3.63. The Kier molecular flexibility index (Phi) is 3.27. The molecule has 0 saturated heterocycles. The normalized spacial score (nSPS) is 22.4. The Balaban J connectivity index is 2.08. The van der Waals surface area contributed by atoms with Gasteiger partial charge in [-0.15, -0.1) is 0 Å². The molecular weight excluding hydrogens is 184 g/mol. The van der Waals surface area contributed by atoms with E-state index in [1.165, 1.54) is 17.7 Å². The number of nitrogens with one attached hydrogen (secondary N) is 2. The van der Waals surface area contributed by atoms with E-state index in [9.17, 15) is 0 Å². The highest BCUT2D eigenvalue weighted by molar-refractivity contribution is 5.51. The maximum Gasteiger partial charge on any atom is 0.0386 e. The van der Waals surface area contributed by atoms with Gasteiger partial charge in [0.25, 0.3) is 0 Å². The van der Waals surface area contributed by atoms with Crippen LogP contribution in [0.25, 0.3) is 0 Å². The van der Waals surface area contributed by atoms with Crippen molar-refractivity contribution in [1.82, 2.24) is 5.32 Å². The Morgan fingerprint density at radius 1 is 1.40 bits per heavy atom. The lowest BCUT2D eigenvalue weighted by Gasteiger charge is -2.22. The largest absolute Gasteiger partial charge is 0.383 e. The molecule has 1 aromatic rings. The Labute approximate surface area is 92.1 Å². The summed E-state index contributed by atoms with van der Waals surface area (Å²) in [4.78, 5) is 0. The van der Waals surface area contributed by atoms with Gasteiger partial charge in [0.05, 0.1) is 0 Å². The summed E-state index contributed by atoms with van der Waals surface area (Å²) in [5.41, 5.74) is 2.67. The van der Waals surface area contributed by atoms with Crippen molar-refractivity contribution in [1.29, 1.82) is 0 Å². The Morgan fingerprint density at radius 2 is 2.20 bits per heavy atom. The molecule has 15 heavy (non-hydrogen) atoms. The van der Waals surface area contributed by atoms with Crippen LogP contribution in [-0.2, 0) is 6.54 Å². The molecule has 2 N–H and O–H groups in total. The van der Waals surface area contributed by atoms with E-state index in [-0.39, 0.29) is 0 Å². The first-order valence-electron chi connectivity index (χ1n) is 5.86. The van der Waals surface area contributed by atoms with E-state index in [1.54, 1.807) is 0 Å². The van der Waals surface area contributed by atoms with Crippen molar-refractivity contribution in [3.05, 3.63) is 29.8 Å². The monoisotopic (exact) mass is 204 g/mol. The van der Waals surface area contributed by atoms with Gasteiger partial charge >= 0.3 is 0 Å². The third-order valence-electron chi connectivity index (χ3n) is 3.42. The number of anilines is 1. The molecule has 2 heteroatoms. The lowest BCUT2D eigenvalue weighted by molar-refractivity contribution is 0.383. The van der Waals surface area contributed by atoms with Crippen molar-refractivity contribution >= 4 is 5.69 Å². The van der Waals surface area contributed by atoms with Gasteiger partial charge in [-0.3, -0.25) is 0 Å². The minimum Gasteiger partial charge on any atom is -0.383 e. The number of para-hydroxylation sites is 1. The lowest BCUT2D eigenvalue weighted by atomic mass is 9.99. The molecule has 2 nitrogen and oxygen atoms in total. The molecule has 0 unspecified atom stereocenters. The second-order valence-electron chi connectivity index (χ2n) is 4.41. The highest BCUT2D eigenvalue weighted by Gasteiger charge is 2.18. The molecular formula is C13H20N2. The molecule has 82 valence electrons. The second-order valence-corrected chi connectivity index (χ2v) is 4.41. The quantitative estimate of drug-likeness (QED) is 0.774. The molecule has 1 aliphatic rings. The first-order chi connectivity index (χ1) is 7.31. The molecule has 1 aliphatic heterocycles. The molecule has 2 atom stereocenters. The van der Waals surface area contributed by atoms with Crippen LogP contribution in [0.3, 0.4) is 0 Å². The molecule has 0 saturated carbocycles. The number of benzene rings is 1. The molecule has 0 aromatic heterocycles. The minimum atomic E-state index is 0.586. The van der Waals surface area contributed by atoms with Crippen molar-refractivity contribution in [2.75, 3.05) is 11.9 Å². The summed E-state index contributed by atoms with van der Waals surface area (Å²) in [5.74, 6) is 0.729. The summed E-state index contributed by atoms with van der Waals surface area (Å²) in [7, 11) is 0. The second kappa shape index (κ2) is 4.67. The number of rotatable bonds is 2. The summed E-state index contributed by atoms with van der Waals surface area (Å²) in [6, 6.07) is 9.13. The number of hydrogen-bond donors (Lipinski definition) is 2. The maximum absolute atomic E-state index is 3.63. The van der Waals surface area contributed by atoms with Crippen molar-refractivity contribution in [2.45, 2.75) is 32.9 Å². The highest BCUT2D eigenvalue weighted by atomic mass is 15.0. The average molecular weight is 204 g/mol. The lowest BCUT2D eigenvalue weighted by Crippen LogP contribution is -2.38. The van der Waals surface area contributed by atoms with Crippen LogP contribution in [0, 0.1) is 5.92 Å². The zero-order valence-corrected chi connectivity index (χ0v) is 9.59. The van der Waals surface area contributed by atoms with E-state index in [4.69, 9.17) is 0 Å². The van der Waals surface area contributed by atoms with Crippen LogP contribution >= 0.6 is 0 Å². The van der Waals surface area contributed by atoms with Crippen LogP contribution < -0.4 is 10.6 Å². The SMILES string of the molecule is CC[C@H](C)[C@H]1CNc2ccccc2CN1. The Morgan fingerprint density at radius 3 is 3.00 bits per heavy atom. The van der Waals surface area contributed by atoms with Gasteiger partial charge in [0.2, 0.25) is 0 Å². The molecule has 0 amide bonds. The van der Waals surface area contributed by atoms with Crippen molar-refractivity contribution in [3.63, 3.8) is 0 Å². The smallest absolute Gasteiger partial charge is 0.0386 e. The summed E-state index contributed by atoms with van der Waals surface area (Å²) < 4.78 is 0. The molecule has 2 rings (SSSR count). The van der Waals surface area contributed by atoms with Gasteiger partial charge in [-0.1, -0.05) is 38.5 Å².